The lowest BCUT2D eigenvalue weighted by Crippen LogP contribution is -2.43. The van der Waals surface area contributed by atoms with Gasteiger partial charge in [0.1, 0.15) is 0 Å². The zero-order valence-corrected chi connectivity index (χ0v) is 11.9. The first-order chi connectivity index (χ1) is 7.58. The lowest BCUT2D eigenvalue weighted by atomic mass is 9.64. The second-order valence-electron chi connectivity index (χ2n) is 5.62. The number of carbonyl (C=O) groups excluding carboxylic acids is 1. The van der Waals surface area contributed by atoms with Gasteiger partial charge < -0.3 is 11.1 Å². The van der Waals surface area contributed by atoms with Crippen molar-refractivity contribution in [3.8, 4) is 0 Å². The molecule has 1 aliphatic rings. The fourth-order valence-corrected chi connectivity index (χ4v) is 2.63. The molecule has 0 atom stereocenters. The highest BCUT2D eigenvalue weighted by atomic mass is 35.5. The van der Waals surface area contributed by atoms with Gasteiger partial charge in [-0.25, -0.2) is 0 Å². The number of amides is 1. The van der Waals surface area contributed by atoms with Crippen LogP contribution in [0.4, 0.5) is 0 Å². The minimum absolute atomic E-state index is 0. The highest BCUT2D eigenvalue weighted by molar-refractivity contribution is 5.85. The van der Waals surface area contributed by atoms with E-state index in [4.69, 9.17) is 5.73 Å². The van der Waals surface area contributed by atoms with Crippen LogP contribution in [0, 0.1) is 11.3 Å². The molecule has 1 fully saturated rings. The molecule has 0 heterocycles. The molecule has 1 rings (SSSR count). The van der Waals surface area contributed by atoms with Gasteiger partial charge in [0, 0.05) is 13.0 Å². The average Bonchev–Trinajstić information content (AvgIpc) is 2.18. The Bertz CT molecular complexity index is 227. The van der Waals surface area contributed by atoms with Gasteiger partial charge >= 0.3 is 0 Å². The molecule has 0 radical (unpaired) electrons. The van der Waals surface area contributed by atoms with E-state index in [9.17, 15) is 4.79 Å². The van der Waals surface area contributed by atoms with E-state index in [0.717, 1.165) is 18.9 Å². The third-order valence-electron chi connectivity index (χ3n) is 3.52. The molecule has 0 aromatic carbocycles. The number of nitrogens with one attached hydrogen (secondary N) is 1. The largest absolute Gasteiger partial charge is 0.356 e. The Kier molecular flexibility index (Phi) is 7.80. The van der Waals surface area contributed by atoms with Crippen LogP contribution in [-0.2, 0) is 4.79 Å². The van der Waals surface area contributed by atoms with E-state index < -0.39 is 0 Å². The second kappa shape index (κ2) is 7.93. The molecule has 1 amide bonds. The van der Waals surface area contributed by atoms with Gasteiger partial charge in [0.15, 0.2) is 0 Å². The van der Waals surface area contributed by atoms with Crippen LogP contribution in [0.25, 0.3) is 0 Å². The number of nitrogens with two attached hydrogens (primary N) is 1. The molecule has 102 valence electrons. The maximum absolute atomic E-state index is 11.5. The van der Waals surface area contributed by atoms with Gasteiger partial charge in [0.2, 0.25) is 5.91 Å². The van der Waals surface area contributed by atoms with Crippen molar-refractivity contribution in [1.29, 1.82) is 0 Å². The molecule has 3 N–H and O–H groups in total. The number of halogens is 1. The van der Waals surface area contributed by atoms with E-state index in [2.05, 4.69) is 19.2 Å². The van der Waals surface area contributed by atoms with E-state index in [1.54, 1.807) is 0 Å². The van der Waals surface area contributed by atoms with Crippen molar-refractivity contribution in [3.63, 3.8) is 0 Å². The predicted molar refractivity (Wildman–Crippen MR) is 74.3 cm³/mol. The van der Waals surface area contributed by atoms with Gasteiger partial charge in [0.25, 0.3) is 0 Å². The van der Waals surface area contributed by atoms with Crippen molar-refractivity contribution in [3.05, 3.63) is 0 Å². The molecule has 1 saturated carbocycles. The molecule has 3 nitrogen and oxygen atoms in total. The number of hydrogen-bond donors (Lipinski definition) is 2. The monoisotopic (exact) mass is 262 g/mol. The van der Waals surface area contributed by atoms with E-state index in [-0.39, 0.29) is 18.3 Å². The van der Waals surface area contributed by atoms with Crippen molar-refractivity contribution in [2.24, 2.45) is 17.1 Å². The Morgan fingerprint density at radius 3 is 2.47 bits per heavy atom. The normalized spacial score (nSPS) is 17.2. The van der Waals surface area contributed by atoms with Crippen LogP contribution >= 0.6 is 12.4 Å². The lowest BCUT2D eigenvalue weighted by Gasteiger charge is -2.43. The maximum atomic E-state index is 11.5. The smallest absolute Gasteiger partial charge is 0.220 e. The van der Waals surface area contributed by atoms with Crippen molar-refractivity contribution in [2.75, 3.05) is 13.1 Å². The van der Waals surface area contributed by atoms with Gasteiger partial charge in [-0.3, -0.25) is 4.79 Å². The van der Waals surface area contributed by atoms with Gasteiger partial charge in [-0.05, 0) is 43.6 Å². The van der Waals surface area contributed by atoms with Crippen LogP contribution in [0.3, 0.4) is 0 Å². The molecular formula is C13H27ClN2O. The molecule has 1 aliphatic carbocycles. The fourth-order valence-electron chi connectivity index (χ4n) is 2.63. The molecule has 0 aromatic rings. The van der Waals surface area contributed by atoms with Gasteiger partial charge in [-0.2, -0.15) is 0 Å². The SMILES string of the molecule is CC(C)CC1(CNC(=O)CCCN)CCC1.Cl. The summed E-state index contributed by atoms with van der Waals surface area (Å²) in [5, 5.41) is 3.07. The summed E-state index contributed by atoms with van der Waals surface area (Å²) in [4.78, 5) is 11.5. The molecule has 4 heteroatoms. The summed E-state index contributed by atoms with van der Waals surface area (Å²) in [6.45, 7) is 5.99. The van der Waals surface area contributed by atoms with Crippen LogP contribution in [-0.4, -0.2) is 19.0 Å². The van der Waals surface area contributed by atoms with E-state index in [1.165, 1.54) is 25.7 Å². The summed E-state index contributed by atoms with van der Waals surface area (Å²) < 4.78 is 0. The molecule has 0 bridgehead atoms. The van der Waals surface area contributed by atoms with Crippen molar-refractivity contribution >= 4 is 18.3 Å². The first-order valence-electron chi connectivity index (χ1n) is 6.55. The third kappa shape index (κ3) is 5.73. The highest BCUT2D eigenvalue weighted by Gasteiger charge is 2.37. The van der Waals surface area contributed by atoms with E-state index in [1.807, 2.05) is 0 Å². The standard InChI is InChI=1S/C13H26N2O.ClH/c1-11(2)9-13(6-4-7-13)10-15-12(16)5-3-8-14;/h11H,3-10,14H2,1-2H3,(H,15,16);1H. The second-order valence-corrected chi connectivity index (χ2v) is 5.62. The number of hydrogen-bond acceptors (Lipinski definition) is 2. The number of rotatable bonds is 7. The van der Waals surface area contributed by atoms with E-state index >= 15 is 0 Å². The average molecular weight is 263 g/mol. The van der Waals surface area contributed by atoms with Crippen molar-refractivity contribution in [1.82, 2.24) is 5.32 Å². The summed E-state index contributed by atoms with van der Waals surface area (Å²) in [6.07, 6.45) is 6.50. The molecule has 0 aliphatic heterocycles. The summed E-state index contributed by atoms with van der Waals surface area (Å²) in [5.41, 5.74) is 5.79. The Labute approximate surface area is 111 Å². The Morgan fingerprint density at radius 1 is 1.41 bits per heavy atom. The van der Waals surface area contributed by atoms with Crippen LogP contribution in [0.2, 0.25) is 0 Å². The van der Waals surface area contributed by atoms with Crippen LogP contribution in [0.5, 0.6) is 0 Å². The molecule has 17 heavy (non-hydrogen) atoms. The Morgan fingerprint density at radius 2 is 2.06 bits per heavy atom. The molecule has 0 spiro atoms. The minimum Gasteiger partial charge on any atom is -0.356 e. The summed E-state index contributed by atoms with van der Waals surface area (Å²) >= 11 is 0. The summed E-state index contributed by atoms with van der Waals surface area (Å²) in [5.74, 6) is 0.890. The number of carbonyl (C=O) groups is 1. The molecule has 0 unspecified atom stereocenters. The quantitative estimate of drug-likeness (QED) is 0.741. The Balaban J connectivity index is 0.00000256. The summed E-state index contributed by atoms with van der Waals surface area (Å²) in [6, 6.07) is 0. The highest BCUT2D eigenvalue weighted by Crippen LogP contribution is 2.45. The first kappa shape index (κ1) is 16.7. The van der Waals surface area contributed by atoms with Crippen LogP contribution in [0.15, 0.2) is 0 Å². The fraction of sp³-hybridized carbons (Fsp3) is 0.923. The first-order valence-corrected chi connectivity index (χ1v) is 6.55. The predicted octanol–water partition coefficient (Wildman–Crippen LogP) is 2.48. The van der Waals surface area contributed by atoms with Crippen LogP contribution in [0.1, 0.15) is 52.4 Å². The van der Waals surface area contributed by atoms with Gasteiger partial charge in [-0.1, -0.05) is 20.3 Å². The molecule has 0 aromatic heterocycles. The van der Waals surface area contributed by atoms with Gasteiger partial charge in [0.05, 0.1) is 0 Å². The minimum atomic E-state index is 0. The topological polar surface area (TPSA) is 55.1 Å². The zero-order valence-electron chi connectivity index (χ0n) is 11.1. The summed E-state index contributed by atoms with van der Waals surface area (Å²) in [7, 11) is 0. The van der Waals surface area contributed by atoms with Crippen LogP contribution < -0.4 is 11.1 Å². The maximum Gasteiger partial charge on any atom is 0.220 e. The van der Waals surface area contributed by atoms with Crippen molar-refractivity contribution < 1.29 is 4.79 Å². The van der Waals surface area contributed by atoms with E-state index in [0.29, 0.717) is 18.4 Å². The molecular weight excluding hydrogens is 236 g/mol. The molecule has 0 saturated heterocycles. The Hall–Kier alpha value is -0.280. The third-order valence-corrected chi connectivity index (χ3v) is 3.52. The van der Waals surface area contributed by atoms with Crippen molar-refractivity contribution in [2.45, 2.75) is 52.4 Å². The van der Waals surface area contributed by atoms with Gasteiger partial charge in [-0.15, -0.1) is 12.4 Å². The zero-order chi connectivity index (χ0) is 12.0. The lowest BCUT2D eigenvalue weighted by molar-refractivity contribution is -0.122.